The standard InChI is InChI=1S/C17H25NO4S.Na/c1-2-3-4-7-23(21,22)18-12-14-9-15-6-5-13(11-17(19)20)8-16(15)10-14;/h5-6,8,14,18H,2-4,7,9-12H2,1H3,(H,19,20);/q;+1/p-1. The van der Waals surface area contributed by atoms with E-state index < -0.39 is 16.0 Å². The predicted molar refractivity (Wildman–Crippen MR) is 87.4 cm³/mol. The summed E-state index contributed by atoms with van der Waals surface area (Å²) in [7, 11) is -3.19. The average molecular weight is 361 g/mol. The molecule has 24 heavy (non-hydrogen) atoms. The third kappa shape index (κ3) is 6.84. The van der Waals surface area contributed by atoms with Gasteiger partial charge in [0.25, 0.3) is 0 Å². The van der Waals surface area contributed by atoms with Gasteiger partial charge in [0.05, 0.1) is 5.75 Å². The SMILES string of the molecule is CCCCCS(=O)(=O)NCC1Cc2ccc(CC(=O)[O-])cc2C1.[Na+]. The summed E-state index contributed by atoms with van der Waals surface area (Å²) in [4.78, 5) is 10.7. The van der Waals surface area contributed by atoms with Gasteiger partial charge in [-0.3, -0.25) is 0 Å². The van der Waals surface area contributed by atoms with Gasteiger partial charge in [0.1, 0.15) is 0 Å². The molecule has 1 aliphatic rings. The molecule has 0 saturated carbocycles. The van der Waals surface area contributed by atoms with Crippen molar-refractivity contribution in [3.05, 3.63) is 34.9 Å². The number of hydrogen-bond donors (Lipinski definition) is 1. The largest absolute Gasteiger partial charge is 1.00 e. The van der Waals surface area contributed by atoms with Gasteiger partial charge in [-0.2, -0.15) is 0 Å². The third-order valence-electron chi connectivity index (χ3n) is 4.24. The average Bonchev–Trinajstić information content (AvgIpc) is 2.87. The van der Waals surface area contributed by atoms with E-state index in [9.17, 15) is 18.3 Å². The molecule has 1 atom stereocenters. The number of benzene rings is 1. The van der Waals surface area contributed by atoms with Crippen LogP contribution in [0.1, 0.15) is 42.9 Å². The Bertz CT molecular complexity index is 661. The van der Waals surface area contributed by atoms with Crippen molar-refractivity contribution in [1.29, 1.82) is 0 Å². The maximum atomic E-state index is 11.9. The molecule has 0 bridgehead atoms. The van der Waals surface area contributed by atoms with Crippen LogP contribution in [0.15, 0.2) is 18.2 Å². The molecule has 5 nitrogen and oxygen atoms in total. The number of aliphatic carboxylic acids is 1. The van der Waals surface area contributed by atoms with Crippen LogP contribution >= 0.6 is 0 Å². The van der Waals surface area contributed by atoms with Crippen LogP contribution in [0.5, 0.6) is 0 Å². The fourth-order valence-corrected chi connectivity index (χ4v) is 4.26. The maximum Gasteiger partial charge on any atom is 1.00 e. The molecule has 1 aromatic carbocycles. The van der Waals surface area contributed by atoms with Gasteiger partial charge in [-0.05, 0) is 41.9 Å². The molecule has 1 N–H and O–H groups in total. The van der Waals surface area contributed by atoms with Crippen molar-refractivity contribution >= 4 is 16.0 Å². The Hall–Kier alpha value is -0.400. The molecular formula is C17H24NNaO4S. The molecule has 0 aliphatic heterocycles. The molecule has 0 spiro atoms. The molecule has 0 aromatic heterocycles. The van der Waals surface area contributed by atoms with E-state index in [1.165, 1.54) is 5.56 Å². The van der Waals surface area contributed by atoms with E-state index in [0.29, 0.717) is 13.0 Å². The summed E-state index contributed by atoms with van der Waals surface area (Å²) >= 11 is 0. The van der Waals surface area contributed by atoms with Crippen molar-refractivity contribution in [2.24, 2.45) is 5.92 Å². The van der Waals surface area contributed by atoms with Gasteiger partial charge in [-0.25, -0.2) is 13.1 Å². The number of carboxylic acids is 1. The zero-order valence-corrected chi connectivity index (χ0v) is 17.3. The van der Waals surface area contributed by atoms with Gasteiger partial charge >= 0.3 is 29.6 Å². The van der Waals surface area contributed by atoms with Crippen molar-refractivity contribution < 1.29 is 47.9 Å². The zero-order valence-electron chi connectivity index (χ0n) is 14.5. The number of unbranched alkanes of at least 4 members (excludes halogenated alkanes) is 2. The second-order valence-electron chi connectivity index (χ2n) is 6.30. The van der Waals surface area contributed by atoms with Gasteiger partial charge in [0.2, 0.25) is 10.0 Å². The second-order valence-corrected chi connectivity index (χ2v) is 8.23. The van der Waals surface area contributed by atoms with Gasteiger partial charge < -0.3 is 9.90 Å². The number of hydrogen-bond acceptors (Lipinski definition) is 4. The van der Waals surface area contributed by atoms with Crippen LogP contribution in [0, 0.1) is 5.92 Å². The Balaban J connectivity index is 0.00000288. The first-order valence-electron chi connectivity index (χ1n) is 8.17. The number of carbonyl (C=O) groups is 1. The molecule has 0 fully saturated rings. The summed E-state index contributed by atoms with van der Waals surface area (Å²) in [6, 6.07) is 5.66. The fraction of sp³-hybridized carbons (Fsp3) is 0.588. The Morgan fingerprint density at radius 3 is 2.62 bits per heavy atom. The first kappa shape index (κ1) is 21.6. The predicted octanol–water partition coefficient (Wildman–Crippen LogP) is -2.19. The summed E-state index contributed by atoms with van der Waals surface area (Å²) in [5.74, 6) is -0.653. The molecule has 0 saturated heterocycles. The Morgan fingerprint density at radius 2 is 1.96 bits per heavy atom. The number of rotatable bonds is 9. The quantitative estimate of drug-likeness (QED) is 0.400. The Morgan fingerprint density at radius 1 is 1.25 bits per heavy atom. The van der Waals surface area contributed by atoms with E-state index in [4.69, 9.17) is 0 Å². The van der Waals surface area contributed by atoms with E-state index in [-0.39, 0.29) is 47.6 Å². The van der Waals surface area contributed by atoms with Crippen molar-refractivity contribution in [2.45, 2.75) is 45.4 Å². The topological polar surface area (TPSA) is 86.3 Å². The molecule has 0 heterocycles. The number of carbonyl (C=O) groups excluding carboxylic acids is 1. The number of nitrogens with one attached hydrogen (secondary N) is 1. The summed E-state index contributed by atoms with van der Waals surface area (Å²) in [5, 5.41) is 10.7. The normalized spacial score (nSPS) is 16.5. The molecule has 0 radical (unpaired) electrons. The van der Waals surface area contributed by atoms with Crippen LogP contribution < -0.4 is 39.4 Å². The summed E-state index contributed by atoms with van der Waals surface area (Å²) in [5.41, 5.74) is 3.05. The van der Waals surface area contributed by atoms with E-state index >= 15 is 0 Å². The molecule has 2 rings (SSSR count). The zero-order chi connectivity index (χ0) is 16.9. The van der Waals surface area contributed by atoms with Crippen LogP contribution in [0.4, 0.5) is 0 Å². The summed E-state index contributed by atoms with van der Waals surface area (Å²) in [6.07, 6.45) is 4.16. The van der Waals surface area contributed by atoms with Gasteiger partial charge in [0.15, 0.2) is 0 Å². The van der Waals surface area contributed by atoms with Crippen molar-refractivity contribution in [2.75, 3.05) is 12.3 Å². The molecule has 1 unspecified atom stereocenters. The summed E-state index contributed by atoms with van der Waals surface area (Å²) < 4.78 is 26.6. The van der Waals surface area contributed by atoms with Gasteiger partial charge in [0, 0.05) is 18.9 Å². The van der Waals surface area contributed by atoms with E-state index in [1.54, 1.807) is 0 Å². The minimum atomic E-state index is -3.19. The molecule has 1 aliphatic carbocycles. The fourth-order valence-electron chi connectivity index (χ4n) is 3.04. The first-order chi connectivity index (χ1) is 10.9. The Kier molecular flexibility index (Phi) is 8.95. The molecule has 1 aromatic rings. The molecule has 7 heteroatoms. The molecule has 128 valence electrons. The van der Waals surface area contributed by atoms with Crippen molar-refractivity contribution in [3.8, 4) is 0 Å². The van der Waals surface area contributed by atoms with Gasteiger partial charge in [-0.15, -0.1) is 0 Å². The van der Waals surface area contributed by atoms with Crippen LogP contribution in [-0.4, -0.2) is 26.7 Å². The van der Waals surface area contributed by atoms with E-state index in [0.717, 1.165) is 36.8 Å². The van der Waals surface area contributed by atoms with Gasteiger partial charge in [-0.1, -0.05) is 38.0 Å². The minimum absolute atomic E-state index is 0. The monoisotopic (exact) mass is 361 g/mol. The van der Waals surface area contributed by atoms with E-state index in [1.807, 2.05) is 25.1 Å². The van der Waals surface area contributed by atoms with Crippen LogP contribution in [0.2, 0.25) is 0 Å². The molecular weight excluding hydrogens is 337 g/mol. The third-order valence-corrected chi connectivity index (χ3v) is 5.68. The Labute approximate surface area is 166 Å². The minimum Gasteiger partial charge on any atom is -0.550 e. The summed E-state index contributed by atoms with van der Waals surface area (Å²) in [6.45, 7) is 2.49. The van der Waals surface area contributed by atoms with Crippen LogP contribution in [0.3, 0.4) is 0 Å². The first-order valence-corrected chi connectivity index (χ1v) is 9.82. The van der Waals surface area contributed by atoms with Crippen molar-refractivity contribution in [1.82, 2.24) is 4.72 Å². The molecule has 0 amide bonds. The second kappa shape index (κ2) is 9.92. The van der Waals surface area contributed by atoms with Crippen LogP contribution in [0.25, 0.3) is 0 Å². The van der Waals surface area contributed by atoms with Crippen molar-refractivity contribution in [3.63, 3.8) is 0 Å². The maximum absolute atomic E-state index is 11.9. The smallest absolute Gasteiger partial charge is 0.550 e. The van der Waals surface area contributed by atoms with Crippen LogP contribution in [-0.2, 0) is 34.1 Å². The number of fused-ring (bicyclic) bond motifs is 1. The number of sulfonamides is 1. The number of carboxylic acid groups (broad SMARTS) is 1. The van der Waals surface area contributed by atoms with E-state index in [2.05, 4.69) is 4.72 Å².